The van der Waals surface area contributed by atoms with Gasteiger partial charge >= 0.3 is 0 Å². The summed E-state index contributed by atoms with van der Waals surface area (Å²) in [5.74, 6) is -2.37. The summed E-state index contributed by atoms with van der Waals surface area (Å²) >= 11 is 0. The summed E-state index contributed by atoms with van der Waals surface area (Å²) < 4.78 is 26.8. The second kappa shape index (κ2) is 28.3. The number of aromatic nitrogens is 2. The van der Waals surface area contributed by atoms with Crippen molar-refractivity contribution >= 4 is 46.9 Å². The number of unbranched alkanes of at least 4 members (excludes halogenated alkanes) is 3. The van der Waals surface area contributed by atoms with Gasteiger partial charge in [0.05, 0.1) is 48.2 Å². The number of rotatable bonds is 25. The Kier molecular flexibility index (Phi) is 24.2. The molecule has 2 aromatic heterocycles. The summed E-state index contributed by atoms with van der Waals surface area (Å²) in [4.78, 5) is 90.7. The average Bonchev–Trinajstić information content (AvgIpc) is 3.67. The van der Waals surface area contributed by atoms with Crippen molar-refractivity contribution in [3.05, 3.63) is 62.2 Å². The zero-order valence-corrected chi connectivity index (χ0v) is 40.5. The summed E-state index contributed by atoms with van der Waals surface area (Å²) in [5.41, 5.74) is 3.21. The normalized spacial score (nSPS) is 12.2. The molecule has 0 radical (unpaired) electrons. The zero-order valence-electron chi connectivity index (χ0n) is 40.5. The van der Waals surface area contributed by atoms with E-state index in [-0.39, 0.29) is 63.2 Å². The fraction of sp³-hybridized carbons (Fsp3) is 0.583. The molecule has 4 rings (SSSR count). The number of amides is 5. The Labute approximate surface area is 387 Å². The van der Waals surface area contributed by atoms with Gasteiger partial charge in [0.1, 0.15) is 25.2 Å². The van der Waals surface area contributed by atoms with Gasteiger partial charge in [-0.05, 0) is 88.1 Å². The van der Waals surface area contributed by atoms with Crippen LogP contribution in [-0.2, 0) is 57.8 Å². The van der Waals surface area contributed by atoms with Crippen LogP contribution >= 0.6 is 0 Å². The smallest absolute Gasteiger partial charge is 0.293 e. The number of hydrogen-bond donors (Lipinski definition) is 6. The van der Waals surface area contributed by atoms with E-state index in [4.69, 9.17) is 14.5 Å². The first-order valence-electron chi connectivity index (χ1n) is 23.1. The minimum absolute atomic E-state index is 0.00353. The second-order valence-electron chi connectivity index (χ2n) is 16.2. The number of aliphatic hydroxyl groups is 1. The molecule has 3 aromatic rings. The molecule has 18 heteroatoms. The number of halogens is 1. The van der Waals surface area contributed by atoms with Crippen LogP contribution in [0.4, 0.5) is 4.39 Å². The van der Waals surface area contributed by atoms with Gasteiger partial charge in [-0.3, -0.25) is 33.6 Å². The predicted octanol–water partition coefficient (Wildman–Crippen LogP) is 4.91. The SMILES string of the molecule is CC.CC.CCC(C)(C)C(=O)NCCCCCC(=O)NCC(=O)NC(C)C(=O)NCC(=O)NCOCCCCc1c2c(nc3cc(F)c(C)cc13)-c1cc(C(C)O)c(COC=O)c(=O)n1C2. The molecular weight excluding hydrogens is 854 g/mol. The minimum atomic E-state index is -1.03. The van der Waals surface area contributed by atoms with Crippen LogP contribution in [0.2, 0.25) is 0 Å². The van der Waals surface area contributed by atoms with Crippen LogP contribution in [0.15, 0.2) is 23.0 Å². The van der Waals surface area contributed by atoms with Gasteiger partial charge < -0.3 is 45.7 Å². The highest BCUT2D eigenvalue weighted by atomic mass is 19.1. The standard InChI is InChI=1S/C44H60FN7O10.2C2H6/c1-7-44(5,6)43(60)46-15-11-8-9-14-37(55)47-21-39(57)50-27(3)41(58)48-20-38(56)49-24-61-16-12-10-13-29-31-17-26(2)34(45)19-35(31)51-40-32(29)22-52-36(40)18-30(28(4)54)33(42(52)59)23-62-25-53;2*1-2/h17-19,25,27-28,54H,7-16,20-24H2,1-6H3,(H,46,60)(H,47,55)(H,48,58)(H,49,56)(H,50,57);2*1-2H3. The lowest BCUT2D eigenvalue weighted by Crippen LogP contribution is -2.49. The highest BCUT2D eigenvalue weighted by Gasteiger charge is 2.30. The third kappa shape index (κ3) is 16.3. The van der Waals surface area contributed by atoms with Crippen LogP contribution < -0.4 is 32.1 Å². The molecule has 2 atom stereocenters. The highest BCUT2D eigenvalue weighted by molar-refractivity contribution is 5.92. The third-order valence-corrected chi connectivity index (χ3v) is 11.1. The Morgan fingerprint density at radius 1 is 0.909 bits per heavy atom. The van der Waals surface area contributed by atoms with Gasteiger partial charge in [0.15, 0.2) is 0 Å². The van der Waals surface area contributed by atoms with Crippen molar-refractivity contribution in [3.63, 3.8) is 0 Å². The molecule has 0 fully saturated rings. The van der Waals surface area contributed by atoms with E-state index < -0.39 is 46.7 Å². The average molecular weight is 926 g/mol. The van der Waals surface area contributed by atoms with Crippen LogP contribution in [0.1, 0.15) is 141 Å². The van der Waals surface area contributed by atoms with Crippen molar-refractivity contribution in [2.24, 2.45) is 5.41 Å². The molecule has 17 nitrogen and oxygen atoms in total. The van der Waals surface area contributed by atoms with Crippen LogP contribution in [0.3, 0.4) is 0 Å². The van der Waals surface area contributed by atoms with E-state index >= 15 is 0 Å². The van der Waals surface area contributed by atoms with Crippen molar-refractivity contribution in [2.75, 3.05) is 33.0 Å². The Morgan fingerprint density at radius 3 is 2.27 bits per heavy atom. The van der Waals surface area contributed by atoms with E-state index in [9.17, 15) is 43.1 Å². The predicted molar refractivity (Wildman–Crippen MR) is 250 cm³/mol. The molecule has 366 valence electrons. The largest absolute Gasteiger partial charge is 0.463 e. The number of pyridine rings is 2. The number of hydrogen-bond acceptors (Lipinski definition) is 11. The van der Waals surface area contributed by atoms with E-state index in [1.165, 1.54) is 24.5 Å². The van der Waals surface area contributed by atoms with Gasteiger partial charge in [-0.2, -0.15) is 0 Å². The number of nitrogens with one attached hydrogen (secondary N) is 5. The number of benzene rings is 1. The van der Waals surface area contributed by atoms with Gasteiger partial charge in [-0.25, -0.2) is 9.37 Å². The summed E-state index contributed by atoms with van der Waals surface area (Å²) in [5, 5.41) is 24.2. The molecule has 0 spiro atoms. The molecule has 2 unspecified atom stereocenters. The first kappa shape index (κ1) is 56.4. The van der Waals surface area contributed by atoms with E-state index in [0.29, 0.717) is 66.9 Å². The lowest BCUT2D eigenvalue weighted by Gasteiger charge is -2.21. The second-order valence-corrected chi connectivity index (χ2v) is 16.2. The number of fused-ring (bicyclic) bond motifs is 4. The molecule has 1 aromatic carbocycles. The van der Waals surface area contributed by atoms with Crippen LogP contribution in [-0.4, -0.2) is 89.7 Å². The van der Waals surface area contributed by atoms with Gasteiger partial charge in [0, 0.05) is 42.0 Å². The maximum atomic E-state index is 14.8. The monoisotopic (exact) mass is 926 g/mol. The molecule has 0 saturated heterocycles. The Hall–Kier alpha value is -5.75. The van der Waals surface area contributed by atoms with E-state index in [0.717, 1.165) is 35.8 Å². The molecular formula is C48H72FN7O10. The lowest BCUT2D eigenvalue weighted by molar-refractivity contribution is -0.130. The van der Waals surface area contributed by atoms with E-state index in [1.807, 2.05) is 48.5 Å². The minimum Gasteiger partial charge on any atom is -0.463 e. The zero-order chi connectivity index (χ0) is 49.6. The number of carbonyl (C=O) groups is 6. The van der Waals surface area contributed by atoms with Crippen LogP contribution in [0.5, 0.6) is 0 Å². The number of aryl methyl sites for hydroxylation is 2. The van der Waals surface area contributed by atoms with Gasteiger partial charge in [-0.15, -0.1) is 0 Å². The summed E-state index contributed by atoms with van der Waals surface area (Å²) in [6, 6.07) is 3.82. The first-order chi connectivity index (χ1) is 31.5. The van der Waals surface area contributed by atoms with Gasteiger partial charge in [0.2, 0.25) is 29.5 Å². The quantitative estimate of drug-likeness (QED) is 0.0297. The summed E-state index contributed by atoms with van der Waals surface area (Å²) in [6.07, 6.45) is 3.78. The molecule has 66 heavy (non-hydrogen) atoms. The van der Waals surface area contributed by atoms with E-state index in [2.05, 4.69) is 26.6 Å². The Morgan fingerprint density at radius 2 is 1.61 bits per heavy atom. The molecule has 5 amide bonds. The van der Waals surface area contributed by atoms with Crippen molar-refractivity contribution in [2.45, 2.75) is 146 Å². The summed E-state index contributed by atoms with van der Waals surface area (Å²) in [6.45, 7) is 18.6. The maximum Gasteiger partial charge on any atom is 0.293 e. The van der Waals surface area contributed by atoms with E-state index in [1.54, 1.807) is 19.1 Å². The first-order valence-corrected chi connectivity index (χ1v) is 23.1. The number of ether oxygens (including phenoxy) is 2. The van der Waals surface area contributed by atoms with Gasteiger partial charge in [0.25, 0.3) is 12.0 Å². The molecule has 0 aliphatic carbocycles. The van der Waals surface area contributed by atoms with Crippen molar-refractivity contribution < 1.29 is 47.7 Å². The molecule has 3 heterocycles. The van der Waals surface area contributed by atoms with Crippen molar-refractivity contribution in [1.82, 2.24) is 36.1 Å². The fourth-order valence-corrected chi connectivity index (χ4v) is 6.93. The van der Waals surface area contributed by atoms with Crippen molar-refractivity contribution in [3.8, 4) is 11.4 Å². The number of aliphatic hydroxyl groups excluding tert-OH is 1. The molecule has 0 bridgehead atoms. The lowest BCUT2D eigenvalue weighted by atomic mass is 9.89. The Bertz CT molecular complexity index is 2190. The third-order valence-electron chi connectivity index (χ3n) is 11.1. The molecule has 1 aliphatic heterocycles. The molecule has 0 saturated carbocycles. The number of nitrogens with zero attached hydrogens (tertiary/aromatic N) is 2. The van der Waals surface area contributed by atoms with Crippen LogP contribution in [0, 0.1) is 18.2 Å². The fourth-order valence-electron chi connectivity index (χ4n) is 6.93. The topological polar surface area (TPSA) is 236 Å². The van der Waals surface area contributed by atoms with Crippen LogP contribution in [0.25, 0.3) is 22.3 Å². The molecule has 6 N–H and O–H groups in total. The molecule has 1 aliphatic rings. The highest BCUT2D eigenvalue weighted by Crippen LogP contribution is 2.38. The van der Waals surface area contributed by atoms with Crippen molar-refractivity contribution in [1.29, 1.82) is 0 Å². The number of carbonyl (C=O) groups excluding carboxylic acids is 6. The Balaban J connectivity index is 0.00000364. The maximum absolute atomic E-state index is 14.8. The summed E-state index contributed by atoms with van der Waals surface area (Å²) in [7, 11) is 0. The van der Waals surface area contributed by atoms with Gasteiger partial charge in [-0.1, -0.05) is 54.9 Å².